The summed E-state index contributed by atoms with van der Waals surface area (Å²) in [5, 5.41) is 5.96. The van der Waals surface area contributed by atoms with Gasteiger partial charge in [0.2, 0.25) is 0 Å². The van der Waals surface area contributed by atoms with Crippen LogP contribution in [0.4, 0.5) is 0 Å². The summed E-state index contributed by atoms with van der Waals surface area (Å²) in [7, 11) is 0. The molecule has 2 aromatic rings. The number of hydrogen-bond acceptors (Lipinski definition) is 5. The van der Waals surface area contributed by atoms with Crippen molar-refractivity contribution < 1.29 is 14.3 Å². The Morgan fingerprint density at radius 2 is 0.855 bits per heavy atom. The average molecular weight is 785 g/mol. The average Bonchev–Trinajstić information content (AvgIpc) is 3.14. The third kappa shape index (κ3) is 22.6. The third-order valence-electron chi connectivity index (χ3n) is 8.91. The summed E-state index contributed by atoms with van der Waals surface area (Å²) in [5.74, 6) is 1.44. The topological polar surface area (TPSA) is 67.4 Å². The van der Waals surface area contributed by atoms with E-state index < -0.39 is 0 Å². The lowest BCUT2D eigenvalue weighted by atomic mass is 10.1. The molecule has 2 amide bonds. The highest BCUT2D eigenvalue weighted by Gasteiger charge is 2.12. The van der Waals surface area contributed by atoms with Crippen molar-refractivity contribution in [1.29, 1.82) is 0 Å². The van der Waals surface area contributed by atoms with Crippen LogP contribution in [0.25, 0.3) is 0 Å². The predicted octanol–water partition coefficient (Wildman–Crippen LogP) is 12.9. The van der Waals surface area contributed by atoms with Crippen molar-refractivity contribution in [3.05, 3.63) is 130 Å². The van der Waals surface area contributed by atoms with E-state index in [2.05, 4.69) is 102 Å². The molecule has 0 aliphatic carbocycles. The van der Waals surface area contributed by atoms with Crippen molar-refractivity contribution in [2.75, 3.05) is 37.8 Å². The highest BCUT2D eigenvalue weighted by molar-refractivity contribution is 7.99. The molecule has 0 aliphatic rings. The molecule has 0 saturated heterocycles. The minimum absolute atomic E-state index is 0.105. The minimum atomic E-state index is -0.105. The molecule has 0 heterocycles. The third-order valence-corrected chi connectivity index (χ3v) is 10.9. The van der Waals surface area contributed by atoms with Crippen LogP contribution in [0.1, 0.15) is 127 Å². The Morgan fingerprint density at radius 3 is 1.24 bits per heavy atom. The molecule has 5 nitrogen and oxygen atoms in total. The number of carbonyl (C=O) groups is 2. The van der Waals surface area contributed by atoms with Crippen molar-refractivity contribution >= 4 is 35.3 Å². The smallest absolute Gasteiger partial charge is 0.252 e. The van der Waals surface area contributed by atoms with Gasteiger partial charge in [0, 0.05) is 34.4 Å². The summed E-state index contributed by atoms with van der Waals surface area (Å²) in [6.45, 7) is 18.9. The zero-order valence-electron chi connectivity index (χ0n) is 35.0. The first-order valence-electron chi connectivity index (χ1n) is 19.9. The number of amides is 2. The molecular formula is C48H68N2O3S2. The van der Waals surface area contributed by atoms with Crippen LogP contribution >= 0.6 is 23.5 Å². The van der Waals surface area contributed by atoms with Gasteiger partial charge >= 0.3 is 0 Å². The Bertz CT molecular complexity index is 1530. The lowest BCUT2D eigenvalue weighted by Gasteiger charge is -2.11. The van der Waals surface area contributed by atoms with E-state index in [1.165, 1.54) is 33.4 Å². The van der Waals surface area contributed by atoms with Crippen LogP contribution in [0.3, 0.4) is 0 Å². The van der Waals surface area contributed by atoms with Crippen molar-refractivity contribution in [3.63, 3.8) is 0 Å². The van der Waals surface area contributed by atoms with Gasteiger partial charge in [-0.3, -0.25) is 9.59 Å². The normalized spacial score (nSPS) is 12.4. The SMILES string of the molecule is CC(C)=CCC/C(C)=C/CC/C(C)=C/CSc1ccccc1C(=O)NCCOCCNC(=O)c1ccccc1SC/C=C(\C)CC/C=C(\C)CCC=C(C)C. The fraction of sp³-hybridized carbons (Fsp3) is 0.458. The van der Waals surface area contributed by atoms with Gasteiger partial charge in [-0.25, -0.2) is 0 Å². The first-order valence-corrected chi connectivity index (χ1v) is 21.9. The van der Waals surface area contributed by atoms with Crippen molar-refractivity contribution in [2.24, 2.45) is 0 Å². The van der Waals surface area contributed by atoms with E-state index in [0.29, 0.717) is 37.4 Å². The standard InChI is InChI=1S/C48H68N2O3S2/c1-37(2)17-13-19-39(5)21-15-23-41(7)29-35-54-45-27-11-9-25-43(45)47(51)49-31-33-53-34-32-50-48(52)44-26-10-12-28-46(44)55-36-30-42(8)24-16-22-40(6)20-14-18-38(3)4/h9-12,17-18,21-22,25-30H,13-16,19-20,23-24,31-36H2,1-8H3,(H,49,51)(H,50,52)/b39-21+,40-22+,41-29+,42-30+. The van der Waals surface area contributed by atoms with Crippen molar-refractivity contribution in [3.8, 4) is 0 Å². The lowest BCUT2D eigenvalue weighted by Crippen LogP contribution is -2.30. The van der Waals surface area contributed by atoms with Crippen LogP contribution in [0.5, 0.6) is 0 Å². The quantitative estimate of drug-likeness (QED) is 0.0565. The van der Waals surface area contributed by atoms with Gasteiger partial charge in [-0.05, 0) is 131 Å². The van der Waals surface area contributed by atoms with Gasteiger partial charge in [-0.1, -0.05) is 94.2 Å². The Hall–Kier alpha value is -3.52. The van der Waals surface area contributed by atoms with Crippen molar-refractivity contribution in [2.45, 2.75) is 117 Å². The molecule has 7 heteroatoms. The second-order valence-corrected chi connectivity index (χ2v) is 16.8. The summed E-state index contributed by atoms with van der Waals surface area (Å²) in [6, 6.07) is 15.5. The van der Waals surface area contributed by atoms with E-state index in [9.17, 15) is 9.59 Å². The molecule has 0 radical (unpaired) electrons. The van der Waals surface area contributed by atoms with E-state index in [1.807, 2.05) is 48.5 Å². The predicted molar refractivity (Wildman–Crippen MR) is 241 cm³/mol. The fourth-order valence-corrected chi connectivity index (χ4v) is 7.63. The maximum atomic E-state index is 13.0. The molecule has 0 saturated carbocycles. The van der Waals surface area contributed by atoms with Crippen LogP contribution in [-0.4, -0.2) is 49.6 Å². The first kappa shape index (κ1) is 47.6. The molecule has 0 atom stereocenters. The molecule has 300 valence electrons. The molecule has 0 spiro atoms. The largest absolute Gasteiger partial charge is 0.378 e. The maximum absolute atomic E-state index is 13.0. The van der Waals surface area contributed by atoms with Gasteiger partial charge in [0.25, 0.3) is 11.8 Å². The number of allylic oxidation sites excluding steroid dienone is 10. The summed E-state index contributed by atoms with van der Waals surface area (Å²) in [4.78, 5) is 28.0. The highest BCUT2D eigenvalue weighted by Crippen LogP contribution is 2.25. The Balaban J connectivity index is 1.68. The fourth-order valence-electron chi connectivity index (χ4n) is 5.55. The highest BCUT2D eigenvalue weighted by atomic mass is 32.2. The first-order chi connectivity index (χ1) is 26.5. The van der Waals surface area contributed by atoms with Crippen LogP contribution in [0, 0.1) is 0 Å². The molecule has 0 fully saturated rings. The van der Waals surface area contributed by atoms with E-state index >= 15 is 0 Å². The molecule has 2 aromatic carbocycles. The number of nitrogens with one attached hydrogen (secondary N) is 2. The molecule has 0 unspecified atom stereocenters. The van der Waals surface area contributed by atoms with Crippen LogP contribution in [-0.2, 0) is 4.74 Å². The van der Waals surface area contributed by atoms with Gasteiger partial charge in [0.1, 0.15) is 0 Å². The number of ether oxygens (including phenoxy) is 1. The molecule has 55 heavy (non-hydrogen) atoms. The Labute approximate surface area is 342 Å². The van der Waals surface area contributed by atoms with E-state index in [-0.39, 0.29) is 11.8 Å². The Morgan fingerprint density at radius 1 is 0.509 bits per heavy atom. The molecule has 0 bridgehead atoms. The van der Waals surface area contributed by atoms with Gasteiger partial charge in [-0.15, -0.1) is 23.5 Å². The second kappa shape index (κ2) is 28.8. The van der Waals surface area contributed by atoms with Gasteiger partial charge in [0.05, 0.1) is 24.3 Å². The lowest BCUT2D eigenvalue weighted by molar-refractivity contribution is 0.0890. The number of carbonyl (C=O) groups excluding carboxylic acids is 2. The van der Waals surface area contributed by atoms with E-state index in [4.69, 9.17) is 4.74 Å². The van der Waals surface area contributed by atoms with Gasteiger partial charge in [-0.2, -0.15) is 0 Å². The molecule has 2 rings (SSSR count). The summed E-state index contributed by atoms with van der Waals surface area (Å²) in [6.07, 6.45) is 22.5. The number of rotatable bonds is 26. The molecule has 2 N–H and O–H groups in total. The number of hydrogen-bond donors (Lipinski definition) is 2. The van der Waals surface area contributed by atoms with Gasteiger partial charge in [0.15, 0.2) is 0 Å². The minimum Gasteiger partial charge on any atom is -0.378 e. The zero-order valence-corrected chi connectivity index (χ0v) is 36.7. The molecule has 0 aromatic heterocycles. The number of thioether (sulfide) groups is 2. The van der Waals surface area contributed by atoms with E-state index in [1.54, 1.807) is 23.5 Å². The molecule has 0 aliphatic heterocycles. The molecular weight excluding hydrogens is 717 g/mol. The number of benzene rings is 2. The zero-order chi connectivity index (χ0) is 40.3. The second-order valence-electron chi connectivity index (χ2n) is 14.7. The summed E-state index contributed by atoms with van der Waals surface area (Å²) < 4.78 is 5.73. The maximum Gasteiger partial charge on any atom is 0.252 e. The monoisotopic (exact) mass is 784 g/mol. The van der Waals surface area contributed by atoms with Crippen molar-refractivity contribution in [1.82, 2.24) is 10.6 Å². The van der Waals surface area contributed by atoms with E-state index in [0.717, 1.165) is 72.7 Å². The van der Waals surface area contributed by atoms with Gasteiger partial charge < -0.3 is 15.4 Å². The van der Waals surface area contributed by atoms with Crippen LogP contribution < -0.4 is 10.6 Å². The summed E-state index contributed by atoms with van der Waals surface area (Å²) in [5.41, 5.74) is 9.75. The van der Waals surface area contributed by atoms with Crippen LogP contribution in [0.2, 0.25) is 0 Å². The Kier molecular flexibility index (Phi) is 25.0. The summed E-state index contributed by atoms with van der Waals surface area (Å²) >= 11 is 3.36. The van der Waals surface area contributed by atoms with Crippen LogP contribution in [0.15, 0.2) is 128 Å².